The normalized spacial score (nSPS) is 15.2. The van der Waals surface area contributed by atoms with Gasteiger partial charge in [-0.2, -0.15) is 0 Å². The Morgan fingerprint density at radius 3 is 2.35 bits per heavy atom. The molecule has 0 aliphatic carbocycles. The Kier molecular flexibility index (Phi) is 5.87. The minimum atomic E-state index is -0.151. The number of rotatable bonds is 6. The van der Waals surface area contributed by atoms with Crippen molar-refractivity contribution < 1.29 is 4.79 Å². The number of amides is 1. The van der Waals surface area contributed by atoms with Gasteiger partial charge in [0.2, 0.25) is 5.91 Å². The van der Waals surface area contributed by atoms with Crippen molar-refractivity contribution in [1.82, 2.24) is 4.90 Å². The lowest BCUT2D eigenvalue weighted by Gasteiger charge is -2.23. The molecule has 0 saturated heterocycles. The molecule has 3 rings (SSSR count). The van der Waals surface area contributed by atoms with Crippen molar-refractivity contribution in [2.75, 3.05) is 13.1 Å². The number of hydrogen-bond acceptors (Lipinski definition) is 2. The molecule has 136 valence electrons. The van der Waals surface area contributed by atoms with Gasteiger partial charge in [-0.3, -0.25) is 14.7 Å². The minimum absolute atomic E-state index is 0.147. The molecule has 2 aromatic carbocycles. The van der Waals surface area contributed by atoms with Crippen LogP contribution in [0.5, 0.6) is 0 Å². The molecule has 1 unspecified atom stereocenters. The number of carbonyl (C=O) groups is 1. The SMILES string of the molecule is CC(C)Cc1ccc(C(C)C(=O)N2CCN=C2Cc2ccccc2)cc1. The van der Waals surface area contributed by atoms with E-state index in [2.05, 4.69) is 55.2 Å². The van der Waals surface area contributed by atoms with E-state index in [9.17, 15) is 4.79 Å². The maximum atomic E-state index is 13.1. The molecule has 1 aliphatic rings. The van der Waals surface area contributed by atoms with E-state index < -0.39 is 0 Å². The Hall–Kier alpha value is -2.42. The van der Waals surface area contributed by atoms with Crippen molar-refractivity contribution in [3.8, 4) is 0 Å². The molecule has 0 spiro atoms. The van der Waals surface area contributed by atoms with Crippen LogP contribution in [-0.4, -0.2) is 29.7 Å². The van der Waals surface area contributed by atoms with Crippen LogP contribution in [0.2, 0.25) is 0 Å². The molecule has 2 aromatic rings. The van der Waals surface area contributed by atoms with Gasteiger partial charge >= 0.3 is 0 Å². The lowest BCUT2D eigenvalue weighted by Crippen LogP contribution is -2.38. The molecule has 26 heavy (non-hydrogen) atoms. The number of benzene rings is 2. The van der Waals surface area contributed by atoms with E-state index >= 15 is 0 Å². The maximum Gasteiger partial charge on any atom is 0.235 e. The molecule has 0 fully saturated rings. The van der Waals surface area contributed by atoms with E-state index in [0.29, 0.717) is 25.4 Å². The van der Waals surface area contributed by atoms with E-state index in [4.69, 9.17) is 0 Å². The maximum absolute atomic E-state index is 13.1. The largest absolute Gasteiger partial charge is 0.298 e. The summed E-state index contributed by atoms with van der Waals surface area (Å²) in [6.45, 7) is 7.84. The van der Waals surface area contributed by atoms with Crippen LogP contribution in [0.4, 0.5) is 0 Å². The van der Waals surface area contributed by atoms with Gasteiger partial charge < -0.3 is 0 Å². The van der Waals surface area contributed by atoms with Gasteiger partial charge in [-0.25, -0.2) is 0 Å². The molecule has 0 aromatic heterocycles. The Morgan fingerprint density at radius 1 is 1.00 bits per heavy atom. The van der Waals surface area contributed by atoms with Gasteiger partial charge in [0.05, 0.1) is 12.5 Å². The average Bonchev–Trinajstić information content (AvgIpc) is 3.09. The topological polar surface area (TPSA) is 32.7 Å². The van der Waals surface area contributed by atoms with Crippen LogP contribution in [-0.2, 0) is 17.6 Å². The fraction of sp³-hybridized carbons (Fsp3) is 0.391. The summed E-state index contributed by atoms with van der Waals surface area (Å²) in [6, 6.07) is 18.7. The number of aliphatic imine (C=N–C) groups is 1. The van der Waals surface area contributed by atoms with Crippen LogP contribution in [0.1, 0.15) is 43.4 Å². The first-order chi connectivity index (χ1) is 12.5. The van der Waals surface area contributed by atoms with Crippen molar-refractivity contribution in [3.63, 3.8) is 0 Å². The third kappa shape index (κ3) is 4.40. The summed E-state index contributed by atoms with van der Waals surface area (Å²) in [6.07, 6.45) is 1.79. The first-order valence-electron chi connectivity index (χ1n) is 9.52. The summed E-state index contributed by atoms with van der Waals surface area (Å²) in [5.41, 5.74) is 3.60. The lowest BCUT2D eigenvalue weighted by atomic mass is 9.95. The summed E-state index contributed by atoms with van der Waals surface area (Å²) in [5, 5.41) is 0. The van der Waals surface area contributed by atoms with E-state index in [0.717, 1.165) is 17.8 Å². The molecule has 1 atom stereocenters. The van der Waals surface area contributed by atoms with E-state index in [-0.39, 0.29) is 11.8 Å². The monoisotopic (exact) mass is 348 g/mol. The van der Waals surface area contributed by atoms with Gasteiger partial charge in [0.25, 0.3) is 0 Å². The number of nitrogens with zero attached hydrogens (tertiary/aromatic N) is 2. The predicted molar refractivity (Wildman–Crippen MR) is 108 cm³/mol. The Morgan fingerprint density at radius 2 is 1.69 bits per heavy atom. The van der Waals surface area contributed by atoms with Gasteiger partial charge in [-0.05, 0) is 36.0 Å². The van der Waals surface area contributed by atoms with Gasteiger partial charge in [0.15, 0.2) is 0 Å². The number of hydrogen-bond donors (Lipinski definition) is 0. The Balaban J connectivity index is 1.68. The highest BCUT2D eigenvalue weighted by Crippen LogP contribution is 2.22. The zero-order valence-corrected chi connectivity index (χ0v) is 16.0. The smallest absolute Gasteiger partial charge is 0.235 e. The Labute approximate surface area is 156 Å². The highest BCUT2D eigenvalue weighted by molar-refractivity contribution is 6.02. The number of carbonyl (C=O) groups excluding carboxylic acids is 1. The lowest BCUT2D eigenvalue weighted by molar-refractivity contribution is -0.128. The third-order valence-corrected chi connectivity index (χ3v) is 4.89. The zero-order chi connectivity index (χ0) is 18.5. The van der Waals surface area contributed by atoms with Crippen LogP contribution in [0.3, 0.4) is 0 Å². The number of amidine groups is 1. The molecule has 0 radical (unpaired) electrons. The van der Waals surface area contributed by atoms with Crippen molar-refractivity contribution in [1.29, 1.82) is 0 Å². The highest BCUT2D eigenvalue weighted by atomic mass is 16.2. The second kappa shape index (κ2) is 8.31. The second-order valence-corrected chi connectivity index (χ2v) is 7.51. The molecule has 0 saturated carbocycles. The van der Waals surface area contributed by atoms with Crippen LogP contribution >= 0.6 is 0 Å². The quantitative estimate of drug-likeness (QED) is 0.758. The third-order valence-electron chi connectivity index (χ3n) is 4.89. The van der Waals surface area contributed by atoms with Crippen LogP contribution in [0.25, 0.3) is 0 Å². The first kappa shape index (κ1) is 18.4. The van der Waals surface area contributed by atoms with Gasteiger partial charge in [-0.1, -0.05) is 68.4 Å². The molecular weight excluding hydrogens is 320 g/mol. The van der Waals surface area contributed by atoms with E-state index in [1.807, 2.05) is 30.0 Å². The van der Waals surface area contributed by atoms with E-state index in [1.54, 1.807) is 0 Å². The predicted octanol–water partition coefficient (Wildman–Crippen LogP) is 4.47. The molecule has 0 bridgehead atoms. The van der Waals surface area contributed by atoms with Crippen molar-refractivity contribution in [2.45, 2.75) is 39.5 Å². The summed E-state index contributed by atoms with van der Waals surface area (Å²) in [4.78, 5) is 19.5. The molecule has 1 heterocycles. The second-order valence-electron chi connectivity index (χ2n) is 7.51. The minimum Gasteiger partial charge on any atom is -0.298 e. The van der Waals surface area contributed by atoms with Crippen LogP contribution in [0, 0.1) is 5.92 Å². The average molecular weight is 348 g/mol. The molecule has 0 N–H and O–H groups in total. The van der Waals surface area contributed by atoms with Crippen molar-refractivity contribution in [3.05, 3.63) is 71.3 Å². The van der Waals surface area contributed by atoms with Gasteiger partial charge in [-0.15, -0.1) is 0 Å². The fourth-order valence-corrected chi connectivity index (χ4v) is 3.45. The first-order valence-corrected chi connectivity index (χ1v) is 9.52. The van der Waals surface area contributed by atoms with Crippen LogP contribution < -0.4 is 0 Å². The highest BCUT2D eigenvalue weighted by Gasteiger charge is 2.28. The van der Waals surface area contributed by atoms with Crippen molar-refractivity contribution >= 4 is 11.7 Å². The van der Waals surface area contributed by atoms with Crippen molar-refractivity contribution in [2.24, 2.45) is 10.9 Å². The molecule has 1 aliphatic heterocycles. The molecule has 3 nitrogen and oxygen atoms in total. The molecular formula is C23H28N2O. The van der Waals surface area contributed by atoms with Gasteiger partial charge in [0.1, 0.15) is 5.84 Å². The summed E-state index contributed by atoms with van der Waals surface area (Å²) in [7, 11) is 0. The fourth-order valence-electron chi connectivity index (χ4n) is 3.45. The van der Waals surface area contributed by atoms with Gasteiger partial charge in [0, 0.05) is 13.0 Å². The summed E-state index contributed by atoms with van der Waals surface area (Å²) < 4.78 is 0. The molecule has 1 amide bonds. The zero-order valence-electron chi connectivity index (χ0n) is 16.0. The molecule has 3 heteroatoms. The van der Waals surface area contributed by atoms with E-state index in [1.165, 1.54) is 11.1 Å². The Bertz CT molecular complexity index is 763. The van der Waals surface area contributed by atoms with Crippen LogP contribution in [0.15, 0.2) is 59.6 Å². The summed E-state index contributed by atoms with van der Waals surface area (Å²) in [5.74, 6) is 1.53. The standard InChI is InChI=1S/C23H28N2O/c1-17(2)15-20-9-11-21(12-10-20)18(3)23(26)25-14-13-24-22(25)16-19-7-5-4-6-8-19/h4-12,17-18H,13-16H2,1-3H3. The summed E-state index contributed by atoms with van der Waals surface area (Å²) >= 11 is 0.